The van der Waals surface area contributed by atoms with E-state index in [0.29, 0.717) is 0 Å². The van der Waals surface area contributed by atoms with Gasteiger partial charge in [0.15, 0.2) is 0 Å². The molecule has 0 saturated heterocycles. The third-order valence-corrected chi connectivity index (χ3v) is 2.01. The Labute approximate surface area is 96.7 Å². The molecule has 0 N–H and O–H groups in total. The van der Waals surface area contributed by atoms with Gasteiger partial charge >= 0.3 is 12.4 Å². The molecule has 0 aromatic heterocycles. The predicted octanol–water partition coefficient (Wildman–Crippen LogP) is 3.47. The lowest BCUT2D eigenvalue weighted by atomic mass is 9.99. The van der Waals surface area contributed by atoms with Crippen LogP contribution in [0, 0.1) is 22.7 Å². The second-order valence-electron chi connectivity index (χ2n) is 3.16. The van der Waals surface area contributed by atoms with E-state index in [9.17, 15) is 26.3 Å². The molecule has 0 aliphatic heterocycles. The van der Waals surface area contributed by atoms with Crippen LogP contribution in [-0.2, 0) is 12.4 Å². The Bertz CT molecular complexity index is 504. The van der Waals surface area contributed by atoms with Gasteiger partial charge in [-0.05, 0) is 12.1 Å². The van der Waals surface area contributed by atoms with E-state index in [-0.39, 0.29) is 12.1 Å². The average molecular weight is 264 g/mol. The van der Waals surface area contributed by atoms with Gasteiger partial charge in [0, 0.05) is 0 Å². The monoisotopic (exact) mass is 264 g/mol. The summed E-state index contributed by atoms with van der Waals surface area (Å²) in [6.07, 6.45) is -10.00. The van der Waals surface area contributed by atoms with Gasteiger partial charge in [-0.15, -0.1) is 0 Å². The van der Waals surface area contributed by atoms with E-state index in [1.807, 2.05) is 0 Å². The van der Waals surface area contributed by atoms with Gasteiger partial charge in [0.25, 0.3) is 0 Å². The Morgan fingerprint density at radius 2 is 1.00 bits per heavy atom. The third kappa shape index (κ3) is 2.54. The molecule has 0 aliphatic carbocycles. The number of rotatable bonds is 0. The zero-order valence-electron chi connectivity index (χ0n) is 8.32. The lowest BCUT2D eigenvalue weighted by molar-refractivity contribution is -0.141. The molecule has 0 bridgehead atoms. The molecular formula is C10H2F6N2. The molecule has 0 atom stereocenters. The zero-order valence-corrected chi connectivity index (χ0v) is 8.32. The first-order valence-corrected chi connectivity index (χ1v) is 4.24. The van der Waals surface area contributed by atoms with Crippen LogP contribution < -0.4 is 0 Å². The highest BCUT2D eigenvalue weighted by Gasteiger charge is 2.39. The molecule has 94 valence electrons. The van der Waals surface area contributed by atoms with Crippen LogP contribution in [0.25, 0.3) is 0 Å². The Hall–Kier alpha value is -2.22. The fourth-order valence-electron chi connectivity index (χ4n) is 1.25. The minimum absolute atomic E-state index is 0.0291. The van der Waals surface area contributed by atoms with Crippen LogP contribution in [0.3, 0.4) is 0 Å². The van der Waals surface area contributed by atoms with Gasteiger partial charge in [-0.2, -0.15) is 36.9 Å². The summed E-state index contributed by atoms with van der Waals surface area (Å²) >= 11 is 0. The minimum atomic E-state index is -5.00. The molecule has 0 saturated carbocycles. The van der Waals surface area contributed by atoms with Crippen LogP contribution in [0.2, 0.25) is 0 Å². The summed E-state index contributed by atoms with van der Waals surface area (Å²) in [6, 6.07) is 2.13. The number of nitrogens with zero attached hydrogens (tertiary/aromatic N) is 2. The van der Waals surface area contributed by atoms with E-state index in [1.54, 1.807) is 0 Å². The van der Waals surface area contributed by atoms with Crippen molar-refractivity contribution in [2.75, 3.05) is 0 Å². The molecule has 1 aromatic carbocycles. The van der Waals surface area contributed by atoms with Crippen LogP contribution in [0.15, 0.2) is 12.1 Å². The van der Waals surface area contributed by atoms with E-state index < -0.39 is 34.6 Å². The number of hydrogen-bond donors (Lipinski definition) is 0. The first kappa shape index (κ1) is 13.8. The fraction of sp³-hybridized carbons (Fsp3) is 0.200. The van der Waals surface area contributed by atoms with E-state index in [2.05, 4.69) is 0 Å². The van der Waals surface area contributed by atoms with Gasteiger partial charge in [-0.1, -0.05) is 0 Å². The van der Waals surface area contributed by atoms with Crippen LogP contribution in [0.4, 0.5) is 26.3 Å². The first-order chi connectivity index (χ1) is 8.11. The lowest BCUT2D eigenvalue weighted by Crippen LogP contribution is -2.14. The average Bonchev–Trinajstić information content (AvgIpc) is 2.24. The Morgan fingerprint density at radius 3 is 1.17 bits per heavy atom. The zero-order chi connectivity index (χ0) is 14.1. The van der Waals surface area contributed by atoms with Crippen LogP contribution >= 0.6 is 0 Å². The van der Waals surface area contributed by atoms with E-state index in [1.165, 1.54) is 0 Å². The molecule has 1 rings (SSSR count). The molecule has 0 fully saturated rings. The van der Waals surface area contributed by atoms with Gasteiger partial charge in [0.05, 0.1) is 34.4 Å². The van der Waals surface area contributed by atoms with Crippen LogP contribution in [-0.4, -0.2) is 0 Å². The summed E-state index contributed by atoms with van der Waals surface area (Å²) in [5, 5.41) is 16.9. The van der Waals surface area contributed by atoms with Crippen molar-refractivity contribution in [2.45, 2.75) is 12.4 Å². The van der Waals surface area contributed by atoms with Crippen molar-refractivity contribution >= 4 is 0 Å². The summed E-state index contributed by atoms with van der Waals surface area (Å²) < 4.78 is 74.6. The molecule has 1 aromatic rings. The molecule has 18 heavy (non-hydrogen) atoms. The van der Waals surface area contributed by atoms with Crippen LogP contribution in [0.1, 0.15) is 22.3 Å². The van der Waals surface area contributed by atoms with Gasteiger partial charge in [-0.25, -0.2) is 0 Å². The molecule has 0 heterocycles. The smallest absolute Gasteiger partial charge is 0.192 e. The Balaban J connectivity index is 3.66. The highest BCUT2D eigenvalue weighted by atomic mass is 19.4. The molecular weight excluding hydrogens is 262 g/mol. The van der Waals surface area contributed by atoms with Gasteiger partial charge in [0.1, 0.15) is 0 Å². The number of benzene rings is 1. The fourth-order valence-corrected chi connectivity index (χ4v) is 1.25. The third-order valence-electron chi connectivity index (χ3n) is 2.01. The van der Waals surface area contributed by atoms with Crippen molar-refractivity contribution in [1.82, 2.24) is 0 Å². The largest absolute Gasteiger partial charge is 0.417 e. The maximum Gasteiger partial charge on any atom is 0.417 e. The lowest BCUT2D eigenvalue weighted by Gasteiger charge is -2.13. The topological polar surface area (TPSA) is 47.6 Å². The maximum absolute atomic E-state index is 12.4. The van der Waals surface area contributed by atoms with Crippen LogP contribution in [0.5, 0.6) is 0 Å². The van der Waals surface area contributed by atoms with Crippen molar-refractivity contribution in [3.8, 4) is 12.1 Å². The molecule has 2 nitrogen and oxygen atoms in total. The Kier molecular flexibility index (Phi) is 3.25. The molecule has 0 radical (unpaired) electrons. The molecule has 0 aliphatic rings. The minimum Gasteiger partial charge on any atom is -0.192 e. The molecule has 8 heteroatoms. The second-order valence-corrected chi connectivity index (χ2v) is 3.16. The van der Waals surface area contributed by atoms with Crippen molar-refractivity contribution < 1.29 is 26.3 Å². The van der Waals surface area contributed by atoms with E-state index in [4.69, 9.17) is 10.5 Å². The van der Waals surface area contributed by atoms with Gasteiger partial charge < -0.3 is 0 Å². The molecule has 0 amide bonds. The number of halogens is 6. The van der Waals surface area contributed by atoms with E-state index in [0.717, 1.165) is 12.1 Å². The summed E-state index contributed by atoms with van der Waals surface area (Å²) in [5.41, 5.74) is -5.47. The first-order valence-electron chi connectivity index (χ1n) is 4.24. The van der Waals surface area contributed by atoms with Gasteiger partial charge in [0.2, 0.25) is 0 Å². The van der Waals surface area contributed by atoms with E-state index >= 15 is 0 Å². The van der Waals surface area contributed by atoms with Crippen molar-refractivity contribution in [3.05, 3.63) is 34.4 Å². The molecule has 0 spiro atoms. The normalized spacial score (nSPS) is 11.8. The number of nitriles is 2. The van der Waals surface area contributed by atoms with Crippen molar-refractivity contribution in [3.63, 3.8) is 0 Å². The maximum atomic E-state index is 12.4. The van der Waals surface area contributed by atoms with Gasteiger partial charge in [-0.3, -0.25) is 0 Å². The summed E-state index contributed by atoms with van der Waals surface area (Å²) in [7, 11) is 0. The SMILES string of the molecule is N#Cc1cc(C(F)(F)F)c(C#N)cc1C(F)(F)F. The summed E-state index contributed by atoms with van der Waals surface area (Å²) in [4.78, 5) is 0. The molecule has 0 unspecified atom stereocenters. The van der Waals surface area contributed by atoms with Crippen molar-refractivity contribution in [1.29, 1.82) is 10.5 Å². The highest BCUT2D eigenvalue weighted by Crippen LogP contribution is 2.38. The summed E-state index contributed by atoms with van der Waals surface area (Å²) in [5.74, 6) is 0. The van der Waals surface area contributed by atoms with Crippen molar-refractivity contribution in [2.24, 2.45) is 0 Å². The number of hydrogen-bond acceptors (Lipinski definition) is 2. The predicted molar refractivity (Wildman–Crippen MR) is 45.9 cm³/mol. The highest BCUT2D eigenvalue weighted by molar-refractivity contribution is 5.51. The quantitative estimate of drug-likeness (QED) is 0.673. The summed E-state index contributed by atoms with van der Waals surface area (Å²) in [6.45, 7) is 0. The Morgan fingerprint density at radius 1 is 0.722 bits per heavy atom. The second kappa shape index (κ2) is 4.22. The number of alkyl halides is 6. The standard InChI is InChI=1S/C10H2F6N2/c11-9(12,13)7-1-5(3-17)8(10(14,15)16)2-6(7)4-18/h1-2H.